The van der Waals surface area contributed by atoms with E-state index < -0.39 is 0 Å². The number of carbonyl (C=O) groups excluding carboxylic acids is 1. The summed E-state index contributed by atoms with van der Waals surface area (Å²) < 4.78 is 6.27. The predicted octanol–water partition coefficient (Wildman–Crippen LogP) is 4.50. The monoisotopic (exact) mass is 422 g/mol. The van der Waals surface area contributed by atoms with Crippen LogP contribution in [0.1, 0.15) is 11.3 Å². The number of thiazole rings is 1. The number of nitrogens with zero attached hydrogens (tertiary/aromatic N) is 1. The first-order valence-electron chi connectivity index (χ1n) is 7.22. The number of halogens is 1. The van der Waals surface area contributed by atoms with Gasteiger partial charge in [0.2, 0.25) is 5.91 Å². The highest BCUT2D eigenvalue weighted by Crippen LogP contribution is 2.26. The van der Waals surface area contributed by atoms with Gasteiger partial charge in [-0.05, 0) is 29.6 Å². The molecule has 3 aromatic rings. The lowest BCUT2D eigenvalue weighted by Gasteiger charge is -2.10. The Balaban J connectivity index is 1.59. The summed E-state index contributed by atoms with van der Waals surface area (Å²) in [6.45, 7) is 0.420. The lowest BCUT2D eigenvalue weighted by atomic mass is 10.2. The van der Waals surface area contributed by atoms with Crippen molar-refractivity contribution in [1.29, 1.82) is 0 Å². The van der Waals surface area contributed by atoms with Gasteiger partial charge in [0.1, 0.15) is 10.8 Å². The van der Waals surface area contributed by atoms with Gasteiger partial charge in [-0.2, -0.15) is 11.3 Å². The summed E-state index contributed by atoms with van der Waals surface area (Å²) >= 11 is 6.63. The van der Waals surface area contributed by atoms with Crippen molar-refractivity contribution < 1.29 is 9.53 Å². The van der Waals surface area contributed by atoms with Gasteiger partial charge >= 0.3 is 0 Å². The van der Waals surface area contributed by atoms with Gasteiger partial charge in [-0.1, -0.05) is 15.9 Å². The van der Waals surface area contributed by atoms with Crippen LogP contribution in [-0.4, -0.2) is 18.0 Å². The number of ether oxygens (including phenoxy) is 1. The van der Waals surface area contributed by atoms with Crippen molar-refractivity contribution in [1.82, 2.24) is 10.3 Å². The van der Waals surface area contributed by atoms with Gasteiger partial charge in [-0.15, -0.1) is 11.3 Å². The van der Waals surface area contributed by atoms with Gasteiger partial charge in [0, 0.05) is 32.9 Å². The first-order valence-corrected chi connectivity index (χ1v) is 9.83. The summed E-state index contributed by atoms with van der Waals surface area (Å²) in [4.78, 5) is 16.7. The van der Waals surface area contributed by atoms with Crippen LogP contribution in [0.25, 0.3) is 10.6 Å². The molecule has 124 valence electrons. The molecule has 3 rings (SSSR count). The van der Waals surface area contributed by atoms with E-state index in [4.69, 9.17) is 4.74 Å². The smallest absolute Gasteiger partial charge is 0.226 e. The van der Waals surface area contributed by atoms with E-state index in [1.807, 2.05) is 35.0 Å². The van der Waals surface area contributed by atoms with E-state index >= 15 is 0 Å². The Morgan fingerprint density at radius 3 is 2.96 bits per heavy atom. The number of aromatic nitrogens is 1. The van der Waals surface area contributed by atoms with Crippen LogP contribution in [0, 0.1) is 0 Å². The SMILES string of the molecule is COc1ccc(Br)cc1CNC(=O)Cc1csc(-c2ccsc2)n1. The topological polar surface area (TPSA) is 51.2 Å². The van der Waals surface area contributed by atoms with Gasteiger partial charge in [-0.3, -0.25) is 4.79 Å². The van der Waals surface area contributed by atoms with Crippen molar-refractivity contribution in [2.24, 2.45) is 0 Å². The molecule has 0 saturated carbocycles. The molecule has 1 aromatic carbocycles. The number of benzene rings is 1. The Hall–Kier alpha value is -1.70. The summed E-state index contributed by atoms with van der Waals surface area (Å²) in [6.07, 6.45) is 0.275. The van der Waals surface area contributed by atoms with Gasteiger partial charge < -0.3 is 10.1 Å². The summed E-state index contributed by atoms with van der Waals surface area (Å²) in [6, 6.07) is 7.76. The highest BCUT2D eigenvalue weighted by atomic mass is 79.9. The number of methoxy groups -OCH3 is 1. The molecule has 7 heteroatoms. The van der Waals surface area contributed by atoms with Crippen LogP contribution in [0.3, 0.4) is 0 Å². The van der Waals surface area contributed by atoms with E-state index in [-0.39, 0.29) is 12.3 Å². The van der Waals surface area contributed by atoms with Crippen LogP contribution < -0.4 is 10.1 Å². The summed E-state index contributed by atoms with van der Waals surface area (Å²) in [7, 11) is 1.62. The Bertz CT molecular complexity index is 831. The number of hydrogen-bond donors (Lipinski definition) is 1. The maximum absolute atomic E-state index is 12.2. The number of nitrogens with one attached hydrogen (secondary N) is 1. The average Bonchev–Trinajstić information content (AvgIpc) is 3.24. The molecule has 1 N–H and O–H groups in total. The Morgan fingerprint density at radius 2 is 2.21 bits per heavy atom. The first-order chi connectivity index (χ1) is 11.7. The van der Waals surface area contributed by atoms with Crippen molar-refractivity contribution in [3.05, 3.63) is 56.1 Å². The molecule has 4 nitrogen and oxygen atoms in total. The van der Waals surface area contributed by atoms with Crippen LogP contribution in [0.5, 0.6) is 5.75 Å². The molecule has 2 heterocycles. The first kappa shape index (κ1) is 17.1. The van der Waals surface area contributed by atoms with E-state index in [1.165, 1.54) is 0 Å². The lowest BCUT2D eigenvalue weighted by molar-refractivity contribution is -0.120. The van der Waals surface area contributed by atoms with E-state index in [0.29, 0.717) is 6.54 Å². The fourth-order valence-electron chi connectivity index (χ4n) is 2.21. The number of amides is 1. The quantitative estimate of drug-likeness (QED) is 0.635. The normalized spacial score (nSPS) is 10.6. The molecule has 0 atom stereocenters. The van der Waals surface area contributed by atoms with Crippen molar-refractivity contribution >= 4 is 44.5 Å². The third kappa shape index (κ3) is 4.23. The van der Waals surface area contributed by atoms with Gasteiger partial charge in [-0.25, -0.2) is 4.98 Å². The third-order valence-corrected chi connectivity index (χ3v) is 5.50. The minimum atomic E-state index is -0.0563. The Morgan fingerprint density at radius 1 is 1.33 bits per heavy atom. The van der Waals surface area contributed by atoms with Crippen molar-refractivity contribution in [3.63, 3.8) is 0 Å². The van der Waals surface area contributed by atoms with Crippen molar-refractivity contribution in [2.75, 3.05) is 7.11 Å². The molecule has 0 bridgehead atoms. The largest absolute Gasteiger partial charge is 0.496 e. The van der Waals surface area contributed by atoms with Crippen LogP contribution in [0.4, 0.5) is 0 Å². The Labute approximate surface area is 156 Å². The zero-order chi connectivity index (χ0) is 16.9. The molecule has 0 aliphatic rings. The molecular weight excluding hydrogens is 408 g/mol. The third-order valence-electron chi connectivity index (χ3n) is 3.38. The number of hydrogen-bond acceptors (Lipinski definition) is 5. The minimum Gasteiger partial charge on any atom is -0.496 e. The summed E-state index contributed by atoms with van der Waals surface area (Å²) in [5.41, 5.74) is 2.83. The predicted molar refractivity (Wildman–Crippen MR) is 102 cm³/mol. The molecule has 0 saturated heterocycles. The van der Waals surface area contributed by atoms with Crippen molar-refractivity contribution in [3.8, 4) is 16.3 Å². The molecule has 0 aliphatic carbocycles. The van der Waals surface area contributed by atoms with Crippen molar-refractivity contribution in [2.45, 2.75) is 13.0 Å². The summed E-state index contributed by atoms with van der Waals surface area (Å²) in [5.74, 6) is 0.700. The zero-order valence-electron chi connectivity index (χ0n) is 12.9. The van der Waals surface area contributed by atoms with Gasteiger partial charge in [0.05, 0.1) is 19.2 Å². The molecular formula is C17H15BrN2O2S2. The molecule has 0 unspecified atom stereocenters. The fourth-order valence-corrected chi connectivity index (χ4v) is 4.15. The minimum absolute atomic E-state index is 0.0563. The number of carbonyl (C=O) groups is 1. The molecule has 0 spiro atoms. The summed E-state index contributed by atoms with van der Waals surface area (Å²) in [5, 5.41) is 9.89. The van der Waals surface area contributed by atoms with Gasteiger partial charge in [0.25, 0.3) is 0 Å². The van der Waals surface area contributed by atoms with Crippen LogP contribution in [0.15, 0.2) is 44.9 Å². The second kappa shape index (κ2) is 7.92. The van der Waals surface area contributed by atoms with Crippen LogP contribution in [-0.2, 0) is 17.8 Å². The molecule has 24 heavy (non-hydrogen) atoms. The molecule has 0 aliphatic heterocycles. The molecule has 0 radical (unpaired) electrons. The highest BCUT2D eigenvalue weighted by Gasteiger charge is 2.10. The highest BCUT2D eigenvalue weighted by molar-refractivity contribution is 9.10. The maximum Gasteiger partial charge on any atom is 0.226 e. The fraction of sp³-hybridized carbons (Fsp3) is 0.176. The molecule has 1 amide bonds. The second-order valence-electron chi connectivity index (χ2n) is 5.07. The van der Waals surface area contributed by atoms with E-state index in [9.17, 15) is 4.79 Å². The second-order valence-corrected chi connectivity index (χ2v) is 7.62. The lowest BCUT2D eigenvalue weighted by Crippen LogP contribution is -2.24. The maximum atomic E-state index is 12.2. The van der Waals surface area contributed by atoms with E-state index in [0.717, 1.165) is 32.1 Å². The van der Waals surface area contributed by atoms with Crippen LogP contribution >= 0.6 is 38.6 Å². The Kier molecular flexibility index (Phi) is 5.65. The molecule has 0 fully saturated rings. The average molecular weight is 423 g/mol. The zero-order valence-corrected chi connectivity index (χ0v) is 16.1. The van der Waals surface area contributed by atoms with Gasteiger partial charge in [0.15, 0.2) is 0 Å². The standard InChI is InChI=1S/C17H15BrN2O2S2/c1-22-15-3-2-13(18)6-12(15)8-19-16(21)7-14-10-24-17(20-14)11-4-5-23-9-11/h2-6,9-10H,7-8H2,1H3,(H,19,21). The number of thiophene rings is 1. The molecule has 2 aromatic heterocycles. The number of rotatable bonds is 6. The van der Waals surface area contributed by atoms with E-state index in [1.54, 1.807) is 29.8 Å². The van der Waals surface area contributed by atoms with Crippen LogP contribution in [0.2, 0.25) is 0 Å². The van der Waals surface area contributed by atoms with E-state index in [2.05, 4.69) is 31.6 Å².